The second kappa shape index (κ2) is 7.94. The van der Waals surface area contributed by atoms with Crippen LogP contribution in [0.5, 0.6) is 5.75 Å². The highest BCUT2D eigenvalue weighted by Gasteiger charge is 2.12. The molecule has 0 saturated heterocycles. The van der Waals surface area contributed by atoms with Gasteiger partial charge in [0.25, 0.3) is 0 Å². The van der Waals surface area contributed by atoms with E-state index in [4.69, 9.17) is 10.5 Å². The van der Waals surface area contributed by atoms with Crippen molar-refractivity contribution in [2.75, 3.05) is 12.4 Å². The number of carbonyl (C=O) groups excluding carboxylic acids is 2. The van der Waals surface area contributed by atoms with Crippen LogP contribution in [0.25, 0.3) is 6.08 Å². The number of hydrogen-bond acceptors (Lipinski definition) is 3. The molecule has 0 spiro atoms. The van der Waals surface area contributed by atoms with Crippen molar-refractivity contribution < 1.29 is 18.7 Å². The van der Waals surface area contributed by atoms with Crippen LogP contribution in [0.15, 0.2) is 40.9 Å². The highest BCUT2D eigenvalue weighted by atomic mass is 79.9. The summed E-state index contributed by atoms with van der Waals surface area (Å²) in [5.74, 6) is -1.27. The first-order valence-electron chi connectivity index (χ1n) is 7.24. The summed E-state index contributed by atoms with van der Waals surface area (Å²) in [6.45, 7) is 1.50. The van der Waals surface area contributed by atoms with Crippen molar-refractivity contribution in [3.63, 3.8) is 0 Å². The molecule has 0 aliphatic rings. The summed E-state index contributed by atoms with van der Waals surface area (Å²) in [4.78, 5) is 23.4. The molecule has 2 aromatic carbocycles. The fourth-order valence-corrected chi connectivity index (χ4v) is 2.51. The standard InChI is InChI=1S/C18H16BrFN2O3/c1-10-14(20)8-12(18(21)24)9-15(10)22-17(23)6-3-11-7-13(19)4-5-16(11)25-2/h3-9H,1-2H3,(H2,21,24)(H,22,23)/b6-3+. The van der Waals surface area contributed by atoms with Crippen LogP contribution in [-0.2, 0) is 4.79 Å². The van der Waals surface area contributed by atoms with E-state index in [-0.39, 0.29) is 16.8 Å². The summed E-state index contributed by atoms with van der Waals surface area (Å²) in [6.07, 6.45) is 2.86. The van der Waals surface area contributed by atoms with Gasteiger partial charge in [-0.3, -0.25) is 9.59 Å². The quantitative estimate of drug-likeness (QED) is 0.743. The average molecular weight is 407 g/mol. The lowest BCUT2D eigenvalue weighted by molar-refractivity contribution is -0.111. The van der Waals surface area contributed by atoms with Crippen molar-refractivity contribution in [1.82, 2.24) is 0 Å². The molecule has 5 nitrogen and oxygen atoms in total. The number of hydrogen-bond donors (Lipinski definition) is 2. The molecule has 0 aliphatic carbocycles. The van der Waals surface area contributed by atoms with E-state index in [1.807, 2.05) is 6.07 Å². The Balaban J connectivity index is 2.23. The van der Waals surface area contributed by atoms with E-state index in [1.165, 1.54) is 26.2 Å². The average Bonchev–Trinajstić information content (AvgIpc) is 2.56. The number of carbonyl (C=O) groups is 2. The van der Waals surface area contributed by atoms with Gasteiger partial charge in [-0.1, -0.05) is 15.9 Å². The summed E-state index contributed by atoms with van der Waals surface area (Å²) in [5, 5.41) is 2.54. The number of anilines is 1. The molecule has 2 amide bonds. The number of halogens is 2. The smallest absolute Gasteiger partial charge is 0.248 e. The molecule has 0 aliphatic heterocycles. The van der Waals surface area contributed by atoms with Gasteiger partial charge in [0.15, 0.2) is 0 Å². The number of amides is 2. The van der Waals surface area contributed by atoms with Crippen LogP contribution in [0, 0.1) is 12.7 Å². The van der Waals surface area contributed by atoms with Gasteiger partial charge in [0.1, 0.15) is 11.6 Å². The van der Waals surface area contributed by atoms with Crippen molar-refractivity contribution in [2.45, 2.75) is 6.92 Å². The molecular weight excluding hydrogens is 391 g/mol. The first-order chi connectivity index (χ1) is 11.8. The first-order valence-corrected chi connectivity index (χ1v) is 8.03. The highest BCUT2D eigenvalue weighted by Crippen LogP contribution is 2.24. The van der Waals surface area contributed by atoms with Crippen molar-refractivity contribution in [2.24, 2.45) is 5.73 Å². The van der Waals surface area contributed by atoms with E-state index in [9.17, 15) is 14.0 Å². The van der Waals surface area contributed by atoms with Crippen LogP contribution in [0.4, 0.5) is 10.1 Å². The Kier molecular flexibility index (Phi) is 5.93. The van der Waals surface area contributed by atoms with Gasteiger partial charge in [0.05, 0.1) is 7.11 Å². The molecule has 7 heteroatoms. The number of nitrogens with one attached hydrogen (secondary N) is 1. The van der Waals surface area contributed by atoms with Gasteiger partial charge in [0, 0.05) is 32.9 Å². The molecule has 0 bridgehead atoms. The van der Waals surface area contributed by atoms with E-state index in [0.717, 1.165) is 10.5 Å². The normalized spacial score (nSPS) is 10.7. The molecule has 3 N–H and O–H groups in total. The van der Waals surface area contributed by atoms with Crippen LogP contribution >= 0.6 is 15.9 Å². The third-order valence-electron chi connectivity index (χ3n) is 3.49. The second-order valence-corrected chi connectivity index (χ2v) is 6.12. The fourth-order valence-electron chi connectivity index (χ4n) is 2.13. The topological polar surface area (TPSA) is 81.4 Å². The molecule has 0 aromatic heterocycles. The van der Waals surface area contributed by atoms with E-state index in [1.54, 1.807) is 18.2 Å². The van der Waals surface area contributed by atoms with Gasteiger partial charge < -0.3 is 15.8 Å². The molecule has 0 unspecified atom stereocenters. The minimum atomic E-state index is -0.774. The molecular formula is C18H16BrFN2O3. The van der Waals surface area contributed by atoms with Gasteiger partial charge in [-0.05, 0) is 43.3 Å². The zero-order chi connectivity index (χ0) is 18.6. The molecule has 2 rings (SSSR count). The number of ether oxygens (including phenoxy) is 1. The SMILES string of the molecule is COc1ccc(Br)cc1/C=C/C(=O)Nc1cc(C(N)=O)cc(F)c1C. The maximum absolute atomic E-state index is 13.8. The number of methoxy groups -OCH3 is 1. The highest BCUT2D eigenvalue weighted by molar-refractivity contribution is 9.10. The van der Waals surface area contributed by atoms with Crippen LogP contribution in [0.1, 0.15) is 21.5 Å². The Morgan fingerprint density at radius 2 is 2.00 bits per heavy atom. The maximum Gasteiger partial charge on any atom is 0.248 e. The van der Waals surface area contributed by atoms with Crippen LogP contribution in [0.2, 0.25) is 0 Å². The van der Waals surface area contributed by atoms with E-state index < -0.39 is 17.6 Å². The summed E-state index contributed by atoms with van der Waals surface area (Å²) in [5.41, 5.74) is 6.24. The lowest BCUT2D eigenvalue weighted by Gasteiger charge is -2.09. The molecule has 0 atom stereocenters. The van der Waals surface area contributed by atoms with Crippen LogP contribution in [0.3, 0.4) is 0 Å². The Morgan fingerprint density at radius 3 is 2.64 bits per heavy atom. The Labute approximate surface area is 152 Å². The Morgan fingerprint density at radius 1 is 1.28 bits per heavy atom. The summed E-state index contributed by atoms with van der Waals surface area (Å²) >= 11 is 3.35. The molecule has 0 fully saturated rings. The molecule has 25 heavy (non-hydrogen) atoms. The zero-order valence-electron chi connectivity index (χ0n) is 13.6. The van der Waals surface area contributed by atoms with Gasteiger partial charge in [0.2, 0.25) is 11.8 Å². The number of rotatable bonds is 5. The van der Waals surface area contributed by atoms with Gasteiger partial charge in [-0.25, -0.2) is 4.39 Å². The molecule has 130 valence electrons. The lowest BCUT2D eigenvalue weighted by Crippen LogP contribution is -2.15. The molecule has 0 saturated carbocycles. The van der Waals surface area contributed by atoms with Crippen molar-refractivity contribution in [3.05, 3.63) is 63.4 Å². The number of benzene rings is 2. The lowest BCUT2D eigenvalue weighted by atomic mass is 10.1. The third-order valence-corrected chi connectivity index (χ3v) is 3.99. The minimum absolute atomic E-state index is 0.0176. The number of nitrogens with two attached hydrogens (primary N) is 1. The number of primary amides is 1. The molecule has 0 heterocycles. The summed E-state index contributed by atoms with van der Waals surface area (Å²) in [7, 11) is 1.53. The monoisotopic (exact) mass is 406 g/mol. The molecule has 0 radical (unpaired) electrons. The molecule has 2 aromatic rings. The third kappa shape index (κ3) is 4.67. The van der Waals surface area contributed by atoms with E-state index in [2.05, 4.69) is 21.2 Å². The van der Waals surface area contributed by atoms with Crippen molar-refractivity contribution in [3.8, 4) is 5.75 Å². The van der Waals surface area contributed by atoms with Crippen molar-refractivity contribution >= 4 is 39.5 Å². The predicted molar refractivity (Wildman–Crippen MR) is 98.0 cm³/mol. The summed E-state index contributed by atoms with van der Waals surface area (Å²) in [6, 6.07) is 7.75. The summed E-state index contributed by atoms with van der Waals surface area (Å²) < 4.78 is 19.9. The first kappa shape index (κ1) is 18.7. The van der Waals surface area contributed by atoms with Gasteiger partial charge >= 0.3 is 0 Å². The minimum Gasteiger partial charge on any atom is -0.496 e. The van der Waals surface area contributed by atoms with Crippen molar-refractivity contribution in [1.29, 1.82) is 0 Å². The van der Waals surface area contributed by atoms with Crippen LogP contribution in [-0.4, -0.2) is 18.9 Å². The van der Waals surface area contributed by atoms with E-state index in [0.29, 0.717) is 11.3 Å². The van der Waals surface area contributed by atoms with Gasteiger partial charge in [-0.15, -0.1) is 0 Å². The second-order valence-electron chi connectivity index (χ2n) is 5.20. The zero-order valence-corrected chi connectivity index (χ0v) is 15.2. The largest absolute Gasteiger partial charge is 0.496 e. The maximum atomic E-state index is 13.8. The van der Waals surface area contributed by atoms with Gasteiger partial charge in [-0.2, -0.15) is 0 Å². The fraction of sp³-hybridized carbons (Fsp3) is 0.111. The Bertz CT molecular complexity index is 866. The predicted octanol–water partition coefficient (Wildman–Crippen LogP) is 3.66. The van der Waals surface area contributed by atoms with Crippen LogP contribution < -0.4 is 15.8 Å². The van der Waals surface area contributed by atoms with E-state index >= 15 is 0 Å². The Hall–Kier alpha value is -2.67.